The molecule has 34 heavy (non-hydrogen) atoms. The molecule has 0 atom stereocenters. The highest BCUT2D eigenvalue weighted by Crippen LogP contribution is 2.28. The summed E-state index contributed by atoms with van der Waals surface area (Å²) in [6.07, 6.45) is 0. The molecule has 7 nitrogen and oxygen atoms in total. The fraction of sp³-hybridized carbons (Fsp3) is 0.259. The number of fused-ring (bicyclic) bond motifs is 2. The number of nitrogens with zero attached hydrogens (tertiary/aromatic N) is 5. The van der Waals surface area contributed by atoms with Crippen LogP contribution >= 0.6 is 0 Å². The van der Waals surface area contributed by atoms with Crippen molar-refractivity contribution in [3.05, 3.63) is 60.7 Å². The van der Waals surface area contributed by atoms with E-state index >= 15 is 0 Å². The molecule has 0 aliphatic carbocycles. The summed E-state index contributed by atoms with van der Waals surface area (Å²) >= 11 is 0. The first-order valence-electron chi connectivity index (χ1n) is 11.7. The van der Waals surface area contributed by atoms with Crippen LogP contribution in [-0.2, 0) is 0 Å². The summed E-state index contributed by atoms with van der Waals surface area (Å²) in [5, 5.41) is 0. The van der Waals surface area contributed by atoms with Gasteiger partial charge in [-0.2, -0.15) is 0 Å². The lowest BCUT2D eigenvalue weighted by Crippen LogP contribution is -2.44. The zero-order chi connectivity index (χ0) is 23.2. The van der Waals surface area contributed by atoms with Gasteiger partial charge < -0.3 is 24.7 Å². The summed E-state index contributed by atoms with van der Waals surface area (Å²) in [6.45, 7) is 4.29. The lowest BCUT2D eigenvalue weighted by atomic mass is 10.2. The number of rotatable bonds is 4. The molecule has 1 fully saturated rings. The first-order valence-corrected chi connectivity index (χ1v) is 11.7. The molecule has 0 amide bonds. The maximum absolute atomic E-state index is 4.92. The molecule has 0 spiro atoms. The molecule has 6 rings (SSSR count). The molecule has 1 aliphatic heterocycles. The molecule has 0 unspecified atom stereocenters. The highest BCUT2D eigenvalue weighted by molar-refractivity contribution is 5.87. The molecule has 5 aromatic rings. The molecule has 0 bridgehead atoms. The van der Waals surface area contributed by atoms with Crippen LogP contribution in [0, 0.1) is 0 Å². The number of piperazine rings is 1. The summed E-state index contributed by atoms with van der Waals surface area (Å²) in [6, 6.07) is 21.2. The fourth-order valence-corrected chi connectivity index (χ4v) is 4.60. The molecule has 3 aromatic carbocycles. The van der Waals surface area contributed by atoms with Crippen molar-refractivity contribution in [1.29, 1.82) is 0 Å². The minimum atomic E-state index is 0.868. The molecule has 1 aliphatic rings. The number of aromatic amines is 2. The van der Waals surface area contributed by atoms with Crippen LogP contribution in [0.1, 0.15) is 0 Å². The van der Waals surface area contributed by atoms with Gasteiger partial charge in [0.15, 0.2) is 0 Å². The summed E-state index contributed by atoms with van der Waals surface area (Å²) in [7, 11) is 6.27. The van der Waals surface area contributed by atoms with Crippen molar-refractivity contribution < 1.29 is 0 Å². The smallest absolute Gasteiger partial charge is 0.138 e. The van der Waals surface area contributed by atoms with Crippen LogP contribution in [-0.4, -0.2) is 72.2 Å². The standard InChI is InChI=1S/C27H29N7/c1-32(2)20-7-4-18(5-8-20)26-28-22-10-6-19(16-24(22)30-26)27-29-23-11-9-21(17-25(23)31-27)34-14-12-33(3)13-15-34/h4-11,16-17H,12-15H2,1-3H3,(H,28,30)(H,29,31). The topological polar surface area (TPSA) is 67.1 Å². The van der Waals surface area contributed by atoms with Crippen molar-refractivity contribution in [3.8, 4) is 22.8 Å². The number of imidazole rings is 2. The molecule has 2 aromatic heterocycles. The molecular formula is C27H29N7. The summed E-state index contributed by atoms with van der Waals surface area (Å²) in [4.78, 5) is 23.6. The monoisotopic (exact) mass is 451 g/mol. The minimum Gasteiger partial charge on any atom is -0.378 e. The second kappa shape index (κ2) is 8.18. The number of benzene rings is 3. The average Bonchev–Trinajstić information content (AvgIpc) is 3.48. The van der Waals surface area contributed by atoms with Crippen molar-refractivity contribution in [1.82, 2.24) is 24.8 Å². The van der Waals surface area contributed by atoms with Crippen molar-refractivity contribution in [2.45, 2.75) is 0 Å². The van der Waals surface area contributed by atoms with Gasteiger partial charge in [0, 0.05) is 62.8 Å². The Morgan fingerprint density at radius 2 is 1.29 bits per heavy atom. The molecule has 2 N–H and O–H groups in total. The average molecular weight is 452 g/mol. The Hall–Kier alpha value is -3.84. The summed E-state index contributed by atoms with van der Waals surface area (Å²) in [5.41, 5.74) is 8.52. The van der Waals surface area contributed by atoms with Gasteiger partial charge >= 0.3 is 0 Å². The van der Waals surface area contributed by atoms with Crippen LogP contribution in [0.5, 0.6) is 0 Å². The van der Waals surface area contributed by atoms with Crippen LogP contribution < -0.4 is 9.80 Å². The van der Waals surface area contributed by atoms with Gasteiger partial charge in [-0.3, -0.25) is 0 Å². The van der Waals surface area contributed by atoms with Crippen molar-refractivity contribution in [2.24, 2.45) is 0 Å². The van der Waals surface area contributed by atoms with E-state index < -0.39 is 0 Å². The van der Waals surface area contributed by atoms with E-state index in [0.717, 1.165) is 71.0 Å². The summed E-state index contributed by atoms with van der Waals surface area (Å²) < 4.78 is 0. The Kier molecular flexibility index (Phi) is 4.99. The Balaban J connectivity index is 1.30. The van der Waals surface area contributed by atoms with Gasteiger partial charge in [0.2, 0.25) is 0 Å². The molecule has 7 heteroatoms. The van der Waals surface area contributed by atoms with Gasteiger partial charge in [0.05, 0.1) is 22.1 Å². The molecule has 0 radical (unpaired) electrons. The van der Waals surface area contributed by atoms with Crippen LogP contribution in [0.3, 0.4) is 0 Å². The van der Waals surface area contributed by atoms with E-state index in [1.165, 1.54) is 11.4 Å². The molecule has 1 saturated heterocycles. The van der Waals surface area contributed by atoms with Gasteiger partial charge in [-0.05, 0) is 67.7 Å². The highest BCUT2D eigenvalue weighted by atomic mass is 15.2. The number of H-pyrrole nitrogens is 2. The van der Waals surface area contributed by atoms with E-state index in [4.69, 9.17) is 9.97 Å². The van der Waals surface area contributed by atoms with Crippen molar-refractivity contribution in [2.75, 3.05) is 57.1 Å². The minimum absolute atomic E-state index is 0.868. The van der Waals surface area contributed by atoms with Gasteiger partial charge in [0.25, 0.3) is 0 Å². The zero-order valence-corrected chi connectivity index (χ0v) is 19.8. The van der Waals surface area contributed by atoms with E-state index in [0.29, 0.717) is 0 Å². The van der Waals surface area contributed by atoms with Gasteiger partial charge in [-0.1, -0.05) is 0 Å². The maximum atomic E-state index is 4.92. The van der Waals surface area contributed by atoms with Crippen LogP contribution in [0.4, 0.5) is 11.4 Å². The van der Waals surface area contributed by atoms with Gasteiger partial charge in [0.1, 0.15) is 11.6 Å². The van der Waals surface area contributed by atoms with Gasteiger partial charge in [-0.25, -0.2) is 9.97 Å². The summed E-state index contributed by atoms with van der Waals surface area (Å²) in [5.74, 6) is 1.74. The Labute approximate surface area is 199 Å². The van der Waals surface area contributed by atoms with Crippen LogP contribution in [0.15, 0.2) is 60.7 Å². The predicted molar refractivity (Wildman–Crippen MR) is 141 cm³/mol. The van der Waals surface area contributed by atoms with E-state index in [1.54, 1.807) is 0 Å². The lowest BCUT2D eigenvalue weighted by Gasteiger charge is -2.34. The quantitative estimate of drug-likeness (QED) is 0.418. The van der Waals surface area contributed by atoms with Crippen LogP contribution in [0.25, 0.3) is 44.8 Å². The van der Waals surface area contributed by atoms with E-state index in [9.17, 15) is 0 Å². The number of anilines is 2. The molecule has 172 valence electrons. The number of aromatic nitrogens is 4. The highest BCUT2D eigenvalue weighted by Gasteiger charge is 2.16. The lowest BCUT2D eigenvalue weighted by molar-refractivity contribution is 0.313. The largest absolute Gasteiger partial charge is 0.378 e. The second-order valence-corrected chi connectivity index (χ2v) is 9.34. The fourth-order valence-electron chi connectivity index (χ4n) is 4.60. The molecular weight excluding hydrogens is 422 g/mol. The van der Waals surface area contributed by atoms with Crippen LogP contribution in [0.2, 0.25) is 0 Å². The van der Waals surface area contributed by atoms with E-state index in [-0.39, 0.29) is 0 Å². The SMILES string of the molecule is CN1CCN(c2ccc3[nH]c(-c4ccc5[nH]c(-c6ccc(N(C)C)cc6)nc5c4)nc3c2)CC1. The first-order chi connectivity index (χ1) is 16.5. The maximum Gasteiger partial charge on any atom is 0.138 e. The van der Waals surface area contributed by atoms with Crippen molar-refractivity contribution in [3.63, 3.8) is 0 Å². The number of nitrogens with one attached hydrogen (secondary N) is 2. The zero-order valence-electron chi connectivity index (χ0n) is 19.8. The van der Waals surface area contributed by atoms with Gasteiger partial charge in [-0.15, -0.1) is 0 Å². The first kappa shape index (κ1) is 20.7. The number of hydrogen-bond acceptors (Lipinski definition) is 5. The number of likely N-dealkylation sites (N-methyl/N-ethyl adjacent to an activating group) is 1. The Morgan fingerprint density at radius 1 is 0.706 bits per heavy atom. The Morgan fingerprint density at radius 3 is 1.97 bits per heavy atom. The van der Waals surface area contributed by atoms with Crippen molar-refractivity contribution >= 4 is 33.4 Å². The molecule has 3 heterocycles. The van der Waals surface area contributed by atoms with E-state index in [1.807, 2.05) is 14.1 Å². The third-order valence-electron chi connectivity index (χ3n) is 6.75. The predicted octanol–water partition coefficient (Wildman–Crippen LogP) is 4.59. The molecule has 0 saturated carbocycles. The normalized spacial score (nSPS) is 14.9. The third kappa shape index (κ3) is 3.78. The number of hydrogen-bond donors (Lipinski definition) is 2. The van der Waals surface area contributed by atoms with E-state index in [2.05, 4.69) is 92.4 Å². The second-order valence-electron chi connectivity index (χ2n) is 9.34. The third-order valence-corrected chi connectivity index (χ3v) is 6.75. The Bertz CT molecular complexity index is 1450.